The molecule has 28 heavy (non-hydrogen) atoms. The van der Waals surface area contributed by atoms with E-state index < -0.39 is 0 Å². The molecule has 1 aliphatic heterocycles. The highest BCUT2D eigenvalue weighted by atomic mass is 16.2. The van der Waals surface area contributed by atoms with Crippen molar-refractivity contribution in [3.05, 3.63) is 82.1 Å². The number of carbonyl (C=O) groups excluding carboxylic acids is 1. The lowest BCUT2D eigenvalue weighted by Crippen LogP contribution is -2.46. The number of carbonyl (C=O) groups is 1. The van der Waals surface area contributed by atoms with E-state index in [0.717, 1.165) is 49.8 Å². The Morgan fingerprint density at radius 2 is 1.75 bits per heavy atom. The van der Waals surface area contributed by atoms with Gasteiger partial charge in [0, 0.05) is 31.2 Å². The number of nitrogens with one attached hydrogen (secondary N) is 2. The van der Waals surface area contributed by atoms with Crippen LogP contribution in [-0.4, -0.2) is 41.5 Å². The van der Waals surface area contributed by atoms with Crippen molar-refractivity contribution in [3.63, 3.8) is 0 Å². The molecule has 1 fully saturated rings. The number of nitrogens with zero attached hydrogens (tertiary/aromatic N) is 1. The van der Waals surface area contributed by atoms with Gasteiger partial charge in [-0.1, -0.05) is 48.5 Å². The molecule has 1 aliphatic rings. The molecule has 1 aromatic heterocycles. The summed E-state index contributed by atoms with van der Waals surface area (Å²) in [6.07, 6.45) is 2.86. The summed E-state index contributed by atoms with van der Waals surface area (Å²) in [5, 5.41) is 3.91. The Bertz CT molecular complexity index is 1010. The molecule has 1 amide bonds. The van der Waals surface area contributed by atoms with Crippen LogP contribution in [0.25, 0.3) is 10.9 Å². The fourth-order valence-corrected chi connectivity index (χ4v) is 3.81. The van der Waals surface area contributed by atoms with Gasteiger partial charge in [0.2, 0.25) is 0 Å². The summed E-state index contributed by atoms with van der Waals surface area (Å²) >= 11 is 0. The Balaban J connectivity index is 1.31. The molecule has 0 saturated carbocycles. The van der Waals surface area contributed by atoms with E-state index >= 15 is 0 Å². The van der Waals surface area contributed by atoms with E-state index in [0.29, 0.717) is 0 Å². The zero-order chi connectivity index (χ0) is 19.3. The van der Waals surface area contributed by atoms with Crippen LogP contribution < -0.4 is 10.9 Å². The average Bonchev–Trinajstić information content (AvgIpc) is 2.73. The fourth-order valence-electron chi connectivity index (χ4n) is 3.81. The summed E-state index contributed by atoms with van der Waals surface area (Å²) in [6, 6.07) is 19.8. The van der Waals surface area contributed by atoms with Crippen LogP contribution >= 0.6 is 0 Å². The van der Waals surface area contributed by atoms with Gasteiger partial charge in [-0.15, -0.1) is 0 Å². The maximum Gasteiger partial charge on any atom is 0.261 e. The predicted octanol–water partition coefficient (Wildman–Crippen LogP) is 2.97. The number of fused-ring (bicyclic) bond motifs is 1. The summed E-state index contributed by atoms with van der Waals surface area (Å²) in [7, 11) is 0. The van der Waals surface area contributed by atoms with Gasteiger partial charge in [0.15, 0.2) is 0 Å². The zero-order valence-corrected chi connectivity index (χ0v) is 15.9. The van der Waals surface area contributed by atoms with Crippen molar-refractivity contribution in [2.45, 2.75) is 25.3 Å². The van der Waals surface area contributed by atoms with Gasteiger partial charge in [0.1, 0.15) is 5.56 Å². The smallest absolute Gasteiger partial charge is 0.261 e. The molecule has 1 saturated heterocycles. The van der Waals surface area contributed by atoms with Crippen molar-refractivity contribution in [3.8, 4) is 0 Å². The lowest BCUT2D eigenvalue weighted by molar-refractivity contribution is 0.0910. The molecule has 144 valence electrons. The van der Waals surface area contributed by atoms with E-state index in [1.807, 2.05) is 30.3 Å². The Labute approximate surface area is 164 Å². The molecular formula is C23H25N3O2. The van der Waals surface area contributed by atoms with Gasteiger partial charge in [0.05, 0.1) is 0 Å². The molecular weight excluding hydrogens is 350 g/mol. The Morgan fingerprint density at radius 1 is 1.04 bits per heavy atom. The number of amides is 1. The first kappa shape index (κ1) is 18.4. The van der Waals surface area contributed by atoms with Crippen LogP contribution in [0, 0.1) is 0 Å². The summed E-state index contributed by atoms with van der Waals surface area (Å²) in [4.78, 5) is 30.1. The predicted molar refractivity (Wildman–Crippen MR) is 112 cm³/mol. The number of benzene rings is 2. The molecule has 0 aliphatic carbocycles. The topological polar surface area (TPSA) is 65.2 Å². The molecule has 0 unspecified atom stereocenters. The first-order chi connectivity index (χ1) is 13.7. The van der Waals surface area contributed by atoms with Crippen molar-refractivity contribution < 1.29 is 4.79 Å². The molecule has 2 heterocycles. The van der Waals surface area contributed by atoms with Crippen molar-refractivity contribution in [1.29, 1.82) is 0 Å². The molecule has 0 bridgehead atoms. The maximum absolute atomic E-state index is 12.6. The summed E-state index contributed by atoms with van der Waals surface area (Å²) in [5.74, 6) is -0.283. The number of H-pyrrole nitrogens is 1. The quantitative estimate of drug-likeness (QED) is 0.721. The van der Waals surface area contributed by atoms with Crippen molar-refractivity contribution in [2.24, 2.45) is 0 Å². The van der Waals surface area contributed by atoms with Gasteiger partial charge in [-0.05, 0) is 42.3 Å². The molecule has 5 heteroatoms. The first-order valence-corrected chi connectivity index (χ1v) is 9.88. The Morgan fingerprint density at radius 3 is 2.54 bits per heavy atom. The van der Waals surface area contributed by atoms with Gasteiger partial charge in [-0.3, -0.25) is 9.59 Å². The number of hydrogen-bond donors (Lipinski definition) is 2. The second-order valence-electron chi connectivity index (χ2n) is 7.42. The SMILES string of the molecule is O=C(NC1CCN(CCc2ccccc2)CC1)c1cc2ccccc2[nH]c1=O. The fraction of sp³-hybridized carbons (Fsp3) is 0.304. The standard InChI is InChI=1S/C23H25N3O2/c27-22(20-16-18-8-4-5-9-21(18)25-23(20)28)24-19-11-14-26(15-12-19)13-10-17-6-2-1-3-7-17/h1-9,16,19H,10-15H2,(H,24,27)(H,25,28). The molecule has 2 N–H and O–H groups in total. The zero-order valence-electron chi connectivity index (χ0n) is 15.9. The third-order valence-electron chi connectivity index (χ3n) is 5.48. The lowest BCUT2D eigenvalue weighted by atomic mass is 10.0. The van der Waals surface area contributed by atoms with Crippen LogP contribution in [0.3, 0.4) is 0 Å². The van der Waals surface area contributed by atoms with E-state index in [1.54, 1.807) is 6.07 Å². The lowest BCUT2D eigenvalue weighted by Gasteiger charge is -2.32. The second kappa shape index (κ2) is 8.40. The molecule has 0 atom stereocenters. The highest BCUT2D eigenvalue weighted by molar-refractivity contribution is 5.97. The number of rotatable bonds is 5. The molecule has 3 aromatic rings. The second-order valence-corrected chi connectivity index (χ2v) is 7.42. The number of aromatic amines is 1. The number of piperidine rings is 1. The van der Waals surface area contributed by atoms with E-state index in [2.05, 4.69) is 39.5 Å². The van der Waals surface area contributed by atoms with Crippen molar-refractivity contribution >= 4 is 16.8 Å². The van der Waals surface area contributed by atoms with Crippen molar-refractivity contribution in [1.82, 2.24) is 15.2 Å². The number of likely N-dealkylation sites (tertiary alicyclic amines) is 1. The molecule has 0 radical (unpaired) electrons. The molecule has 0 spiro atoms. The highest BCUT2D eigenvalue weighted by Gasteiger charge is 2.22. The van der Waals surface area contributed by atoms with Gasteiger partial charge in [-0.25, -0.2) is 0 Å². The minimum absolute atomic E-state index is 0.117. The minimum atomic E-state index is -0.337. The Hall–Kier alpha value is -2.92. The average molecular weight is 375 g/mol. The third-order valence-corrected chi connectivity index (χ3v) is 5.48. The van der Waals surface area contributed by atoms with E-state index in [9.17, 15) is 9.59 Å². The monoisotopic (exact) mass is 375 g/mol. The molecule has 4 rings (SSSR count). The number of hydrogen-bond acceptors (Lipinski definition) is 3. The van der Waals surface area contributed by atoms with Crippen LogP contribution in [-0.2, 0) is 6.42 Å². The Kier molecular flexibility index (Phi) is 5.53. The molecule has 5 nitrogen and oxygen atoms in total. The number of pyridine rings is 1. The number of aromatic nitrogens is 1. The number of para-hydroxylation sites is 1. The van der Waals surface area contributed by atoms with Crippen LogP contribution in [0.4, 0.5) is 0 Å². The maximum atomic E-state index is 12.6. The third kappa shape index (κ3) is 4.31. The van der Waals surface area contributed by atoms with E-state index in [1.165, 1.54) is 5.56 Å². The summed E-state index contributed by atoms with van der Waals surface area (Å²) in [5.41, 5.74) is 1.95. The van der Waals surface area contributed by atoms with Crippen LogP contribution in [0.15, 0.2) is 65.5 Å². The highest BCUT2D eigenvalue weighted by Crippen LogP contribution is 2.14. The van der Waals surface area contributed by atoms with Gasteiger partial charge < -0.3 is 15.2 Å². The van der Waals surface area contributed by atoms with Crippen molar-refractivity contribution in [2.75, 3.05) is 19.6 Å². The van der Waals surface area contributed by atoms with Gasteiger partial charge in [0.25, 0.3) is 11.5 Å². The largest absolute Gasteiger partial charge is 0.349 e. The van der Waals surface area contributed by atoms with E-state index in [4.69, 9.17) is 0 Å². The van der Waals surface area contributed by atoms with Crippen LogP contribution in [0.2, 0.25) is 0 Å². The van der Waals surface area contributed by atoms with Crippen LogP contribution in [0.5, 0.6) is 0 Å². The van der Waals surface area contributed by atoms with Gasteiger partial charge in [-0.2, -0.15) is 0 Å². The van der Waals surface area contributed by atoms with Gasteiger partial charge >= 0.3 is 0 Å². The summed E-state index contributed by atoms with van der Waals surface area (Å²) < 4.78 is 0. The normalized spacial score (nSPS) is 15.6. The van der Waals surface area contributed by atoms with Crippen LogP contribution in [0.1, 0.15) is 28.8 Å². The minimum Gasteiger partial charge on any atom is -0.349 e. The molecule has 2 aromatic carbocycles. The van der Waals surface area contributed by atoms with E-state index in [-0.39, 0.29) is 23.1 Å². The summed E-state index contributed by atoms with van der Waals surface area (Å²) in [6.45, 7) is 2.97. The first-order valence-electron chi connectivity index (χ1n) is 9.88.